The number of rotatable bonds is 2. The lowest BCUT2D eigenvalue weighted by atomic mass is 9.92. The summed E-state index contributed by atoms with van der Waals surface area (Å²) in [4.78, 5) is 30.3. The zero-order chi connectivity index (χ0) is 17.9. The molecule has 0 aliphatic carbocycles. The van der Waals surface area contributed by atoms with E-state index in [1.54, 1.807) is 6.07 Å². The summed E-state index contributed by atoms with van der Waals surface area (Å²) in [5, 5.41) is 0.615. The molecule has 1 saturated heterocycles. The maximum absolute atomic E-state index is 12.9. The summed E-state index contributed by atoms with van der Waals surface area (Å²) in [6, 6.07) is 19.3. The second-order valence-corrected chi connectivity index (χ2v) is 6.92. The maximum atomic E-state index is 12.9. The van der Waals surface area contributed by atoms with Gasteiger partial charge in [-0.15, -0.1) is 0 Å². The summed E-state index contributed by atoms with van der Waals surface area (Å²) in [6.07, 6.45) is 3.01. The van der Waals surface area contributed by atoms with Crippen molar-refractivity contribution in [2.45, 2.75) is 25.2 Å². The van der Waals surface area contributed by atoms with Gasteiger partial charge in [-0.3, -0.25) is 9.59 Å². The van der Waals surface area contributed by atoms with Crippen LogP contribution in [0.1, 0.15) is 41.2 Å². The highest BCUT2D eigenvalue weighted by atomic mass is 16.2. The molecule has 3 aromatic rings. The minimum atomic E-state index is -0.111. The Morgan fingerprint density at radius 1 is 0.962 bits per heavy atom. The topological polar surface area (TPSA) is 53.2 Å². The lowest BCUT2D eigenvalue weighted by Gasteiger charge is -2.21. The molecule has 4 rings (SSSR count). The number of fused-ring (bicyclic) bond motifs is 1. The van der Waals surface area contributed by atoms with E-state index in [-0.39, 0.29) is 11.3 Å². The van der Waals surface area contributed by atoms with Crippen molar-refractivity contribution in [2.24, 2.45) is 0 Å². The van der Waals surface area contributed by atoms with Crippen LogP contribution in [0.25, 0.3) is 10.9 Å². The second kappa shape index (κ2) is 7.16. The largest absolute Gasteiger partial charge is 0.350 e. The van der Waals surface area contributed by atoms with Gasteiger partial charge in [0.2, 0.25) is 0 Å². The Balaban J connectivity index is 1.54. The normalized spacial score (nSPS) is 17.8. The van der Waals surface area contributed by atoms with Crippen LogP contribution in [-0.2, 0) is 0 Å². The van der Waals surface area contributed by atoms with Crippen LogP contribution in [0.4, 0.5) is 0 Å². The first-order chi connectivity index (χ1) is 12.7. The number of H-pyrrole nitrogens is 1. The van der Waals surface area contributed by atoms with Gasteiger partial charge < -0.3 is 9.88 Å². The van der Waals surface area contributed by atoms with Gasteiger partial charge in [-0.05, 0) is 42.9 Å². The highest BCUT2D eigenvalue weighted by Gasteiger charge is 2.23. The number of likely N-dealkylation sites (tertiary alicyclic amines) is 1. The average Bonchev–Trinajstić information content (AvgIpc) is 2.94. The molecule has 0 saturated carbocycles. The predicted octanol–water partition coefficient (Wildman–Crippen LogP) is 3.94. The quantitative estimate of drug-likeness (QED) is 0.764. The fourth-order valence-electron chi connectivity index (χ4n) is 3.84. The van der Waals surface area contributed by atoms with E-state index in [2.05, 4.69) is 29.2 Å². The Labute approximate surface area is 152 Å². The second-order valence-electron chi connectivity index (χ2n) is 6.92. The highest BCUT2D eigenvalue weighted by Crippen LogP contribution is 2.28. The first kappa shape index (κ1) is 16.6. The molecule has 1 N–H and O–H groups in total. The molecular weight excluding hydrogens is 324 g/mol. The molecule has 1 fully saturated rings. The van der Waals surface area contributed by atoms with Gasteiger partial charge >= 0.3 is 0 Å². The SMILES string of the molecule is O=C(c1cc(=O)c2ccccc2[nH]1)N1CCC[C@@H](c2ccccc2)CC1. The van der Waals surface area contributed by atoms with Crippen molar-refractivity contribution in [1.29, 1.82) is 0 Å². The van der Waals surface area contributed by atoms with Crippen LogP contribution in [0.5, 0.6) is 0 Å². The third-order valence-corrected chi connectivity index (χ3v) is 5.25. The fraction of sp³-hybridized carbons (Fsp3) is 0.273. The number of amides is 1. The lowest BCUT2D eigenvalue weighted by Crippen LogP contribution is -2.33. The number of carbonyl (C=O) groups is 1. The van der Waals surface area contributed by atoms with E-state index in [9.17, 15) is 9.59 Å². The molecule has 26 heavy (non-hydrogen) atoms. The number of nitrogens with zero attached hydrogens (tertiary/aromatic N) is 1. The van der Waals surface area contributed by atoms with E-state index in [0.717, 1.165) is 25.8 Å². The lowest BCUT2D eigenvalue weighted by molar-refractivity contribution is 0.0755. The Morgan fingerprint density at radius 2 is 1.73 bits per heavy atom. The van der Waals surface area contributed by atoms with Crippen molar-refractivity contribution in [1.82, 2.24) is 9.88 Å². The van der Waals surface area contributed by atoms with Crippen LogP contribution in [0.15, 0.2) is 65.5 Å². The molecule has 1 aromatic heterocycles. The summed E-state index contributed by atoms with van der Waals surface area (Å²) in [6.45, 7) is 1.45. The average molecular weight is 346 g/mol. The third-order valence-electron chi connectivity index (χ3n) is 5.25. The number of para-hydroxylation sites is 1. The number of nitrogens with one attached hydrogen (secondary N) is 1. The number of carbonyl (C=O) groups excluding carboxylic acids is 1. The van der Waals surface area contributed by atoms with E-state index in [4.69, 9.17) is 0 Å². The van der Waals surface area contributed by atoms with Crippen LogP contribution < -0.4 is 5.43 Å². The van der Waals surface area contributed by atoms with Gasteiger partial charge in [0.25, 0.3) is 5.91 Å². The molecule has 1 amide bonds. The van der Waals surface area contributed by atoms with Gasteiger partial charge in [-0.2, -0.15) is 0 Å². The summed E-state index contributed by atoms with van der Waals surface area (Å²) >= 11 is 0. The Bertz CT molecular complexity index is 978. The van der Waals surface area contributed by atoms with Gasteiger partial charge in [0.05, 0.1) is 0 Å². The van der Waals surface area contributed by atoms with Gasteiger partial charge in [-0.25, -0.2) is 0 Å². The molecule has 0 spiro atoms. The van der Waals surface area contributed by atoms with Gasteiger partial charge in [0.15, 0.2) is 5.43 Å². The number of hydrogen-bond donors (Lipinski definition) is 1. The first-order valence-electron chi connectivity index (χ1n) is 9.18. The third kappa shape index (κ3) is 3.27. The van der Waals surface area contributed by atoms with Crippen LogP contribution in [-0.4, -0.2) is 28.9 Å². The standard InChI is InChI=1S/C22H22N2O2/c25-21-15-20(23-19-11-5-4-10-18(19)21)22(26)24-13-6-9-17(12-14-24)16-7-2-1-3-8-16/h1-5,7-8,10-11,15,17H,6,9,12-14H2,(H,23,25)/t17-/m1/s1. The van der Waals surface area contributed by atoms with Crippen molar-refractivity contribution in [3.8, 4) is 0 Å². The zero-order valence-corrected chi connectivity index (χ0v) is 14.7. The molecule has 0 unspecified atom stereocenters. The molecule has 1 aliphatic heterocycles. The fourth-order valence-corrected chi connectivity index (χ4v) is 3.84. The molecule has 1 aliphatic rings. The van der Waals surface area contributed by atoms with Crippen molar-refractivity contribution in [3.05, 3.63) is 82.1 Å². The molecule has 0 bridgehead atoms. The van der Waals surface area contributed by atoms with E-state index in [0.29, 0.717) is 29.1 Å². The van der Waals surface area contributed by atoms with E-state index in [1.165, 1.54) is 11.6 Å². The molecule has 2 aromatic carbocycles. The molecule has 4 nitrogen and oxygen atoms in total. The molecule has 132 valence electrons. The summed E-state index contributed by atoms with van der Waals surface area (Å²) in [5.74, 6) is 0.409. The van der Waals surface area contributed by atoms with Crippen molar-refractivity contribution < 1.29 is 4.79 Å². The number of benzene rings is 2. The van der Waals surface area contributed by atoms with Gasteiger partial charge in [0, 0.05) is 30.1 Å². The zero-order valence-electron chi connectivity index (χ0n) is 14.7. The first-order valence-corrected chi connectivity index (χ1v) is 9.18. The molecule has 2 heterocycles. The van der Waals surface area contributed by atoms with E-state index < -0.39 is 0 Å². The smallest absolute Gasteiger partial charge is 0.270 e. The number of pyridine rings is 1. The van der Waals surface area contributed by atoms with Gasteiger partial charge in [0.1, 0.15) is 5.69 Å². The monoisotopic (exact) mass is 346 g/mol. The number of hydrogen-bond acceptors (Lipinski definition) is 2. The van der Waals surface area contributed by atoms with Crippen molar-refractivity contribution in [3.63, 3.8) is 0 Å². The molecule has 0 radical (unpaired) electrons. The van der Waals surface area contributed by atoms with Crippen LogP contribution >= 0.6 is 0 Å². The van der Waals surface area contributed by atoms with Crippen LogP contribution in [0, 0.1) is 0 Å². The molecule has 4 heteroatoms. The minimum absolute atomic E-state index is 0.0819. The molecular formula is C22H22N2O2. The molecule has 1 atom stereocenters. The van der Waals surface area contributed by atoms with E-state index in [1.807, 2.05) is 29.2 Å². The minimum Gasteiger partial charge on any atom is -0.350 e. The maximum Gasteiger partial charge on any atom is 0.270 e. The summed E-state index contributed by atoms with van der Waals surface area (Å²) in [7, 11) is 0. The highest BCUT2D eigenvalue weighted by molar-refractivity contribution is 5.94. The van der Waals surface area contributed by atoms with Crippen molar-refractivity contribution >= 4 is 16.8 Å². The number of aromatic amines is 1. The van der Waals surface area contributed by atoms with Crippen molar-refractivity contribution in [2.75, 3.05) is 13.1 Å². The van der Waals surface area contributed by atoms with E-state index >= 15 is 0 Å². The number of aromatic nitrogens is 1. The Morgan fingerprint density at radius 3 is 2.58 bits per heavy atom. The van der Waals surface area contributed by atoms with Gasteiger partial charge in [-0.1, -0.05) is 42.5 Å². The Kier molecular flexibility index (Phi) is 4.57. The summed E-state index contributed by atoms with van der Waals surface area (Å²) < 4.78 is 0. The van der Waals surface area contributed by atoms with Crippen LogP contribution in [0.3, 0.4) is 0 Å². The summed E-state index contributed by atoms with van der Waals surface area (Å²) in [5.41, 5.74) is 2.33. The predicted molar refractivity (Wildman–Crippen MR) is 104 cm³/mol. The van der Waals surface area contributed by atoms with Crippen LogP contribution in [0.2, 0.25) is 0 Å². The Hall–Kier alpha value is -2.88.